The maximum absolute atomic E-state index is 5.29. The molecule has 0 spiro atoms. The van der Waals surface area contributed by atoms with E-state index in [9.17, 15) is 0 Å². The Morgan fingerprint density at radius 2 is 1.75 bits per heavy atom. The summed E-state index contributed by atoms with van der Waals surface area (Å²) >= 11 is 6.94. The summed E-state index contributed by atoms with van der Waals surface area (Å²) in [6, 6.07) is 23.8. The molecule has 2 aromatic heterocycles. The second kappa shape index (κ2) is 8.60. The van der Waals surface area contributed by atoms with Crippen LogP contribution in [0.15, 0.2) is 89.5 Å². The van der Waals surface area contributed by atoms with Crippen LogP contribution in [-0.4, -0.2) is 21.1 Å². The molecular formula is C21H17N5S2. The number of hydrogen-bond acceptors (Lipinski definition) is 4. The normalized spacial score (nSPS) is 10.9. The number of anilines is 1. The molecule has 4 rings (SSSR count). The van der Waals surface area contributed by atoms with E-state index < -0.39 is 0 Å². The number of thiocarbonyl (C=S) groups is 1. The second-order valence-electron chi connectivity index (χ2n) is 5.88. The molecule has 5 nitrogen and oxygen atoms in total. The minimum atomic E-state index is 0.426. The van der Waals surface area contributed by atoms with Crippen molar-refractivity contribution in [3.05, 3.63) is 89.9 Å². The quantitative estimate of drug-likeness (QED) is 0.282. The van der Waals surface area contributed by atoms with E-state index in [-0.39, 0.29) is 0 Å². The highest BCUT2D eigenvalue weighted by Gasteiger charge is 2.11. The molecule has 0 aliphatic carbocycles. The van der Waals surface area contributed by atoms with Crippen LogP contribution < -0.4 is 10.7 Å². The van der Waals surface area contributed by atoms with Gasteiger partial charge in [-0.25, -0.2) is 4.68 Å². The van der Waals surface area contributed by atoms with E-state index in [4.69, 9.17) is 17.3 Å². The van der Waals surface area contributed by atoms with E-state index in [2.05, 4.69) is 21.9 Å². The lowest BCUT2D eigenvalue weighted by molar-refractivity contribution is 0.885. The summed E-state index contributed by atoms with van der Waals surface area (Å²) in [5, 5.41) is 14.6. The average Bonchev–Trinajstić information content (AvgIpc) is 3.39. The number of thiophene rings is 1. The van der Waals surface area contributed by atoms with Gasteiger partial charge in [-0.1, -0.05) is 42.5 Å². The zero-order chi connectivity index (χ0) is 19.2. The first-order valence-corrected chi connectivity index (χ1v) is 9.92. The predicted octanol–water partition coefficient (Wildman–Crippen LogP) is 4.92. The molecule has 138 valence electrons. The monoisotopic (exact) mass is 403 g/mol. The molecule has 0 atom stereocenters. The summed E-state index contributed by atoms with van der Waals surface area (Å²) in [5.41, 5.74) is 6.55. The lowest BCUT2D eigenvalue weighted by Gasteiger charge is -2.05. The van der Waals surface area contributed by atoms with Gasteiger partial charge in [-0.2, -0.15) is 10.2 Å². The van der Waals surface area contributed by atoms with Crippen LogP contribution in [0.4, 0.5) is 5.69 Å². The van der Waals surface area contributed by atoms with Crippen LogP contribution in [0, 0.1) is 0 Å². The van der Waals surface area contributed by atoms with E-state index in [0.717, 1.165) is 27.5 Å². The summed E-state index contributed by atoms with van der Waals surface area (Å²) in [5.74, 6) is 0. The second-order valence-corrected chi connectivity index (χ2v) is 7.24. The zero-order valence-corrected chi connectivity index (χ0v) is 16.5. The van der Waals surface area contributed by atoms with Gasteiger partial charge >= 0.3 is 0 Å². The van der Waals surface area contributed by atoms with Gasteiger partial charge < -0.3 is 5.32 Å². The zero-order valence-electron chi connectivity index (χ0n) is 14.8. The van der Waals surface area contributed by atoms with Crippen molar-refractivity contribution in [3.63, 3.8) is 0 Å². The topological polar surface area (TPSA) is 54.2 Å². The van der Waals surface area contributed by atoms with Gasteiger partial charge in [-0.3, -0.25) is 5.43 Å². The molecule has 28 heavy (non-hydrogen) atoms. The Morgan fingerprint density at radius 3 is 2.46 bits per heavy atom. The molecule has 2 heterocycles. The largest absolute Gasteiger partial charge is 0.331 e. The molecule has 7 heteroatoms. The predicted molar refractivity (Wildman–Crippen MR) is 120 cm³/mol. The van der Waals surface area contributed by atoms with Gasteiger partial charge in [0.2, 0.25) is 0 Å². The summed E-state index contributed by atoms with van der Waals surface area (Å²) < 4.78 is 1.86. The highest BCUT2D eigenvalue weighted by molar-refractivity contribution is 7.80. The molecule has 0 saturated carbocycles. The molecule has 0 aliphatic rings. The molecule has 0 bridgehead atoms. The molecule has 2 N–H and O–H groups in total. The third-order valence-electron chi connectivity index (χ3n) is 3.92. The van der Waals surface area contributed by atoms with Crippen LogP contribution in [0.1, 0.15) is 5.56 Å². The first-order valence-electron chi connectivity index (χ1n) is 8.64. The Balaban J connectivity index is 1.54. The average molecular weight is 404 g/mol. The molecular weight excluding hydrogens is 386 g/mol. The van der Waals surface area contributed by atoms with Crippen molar-refractivity contribution >= 4 is 40.6 Å². The Labute approximate surface area is 172 Å². The third kappa shape index (κ3) is 4.33. The van der Waals surface area contributed by atoms with Gasteiger partial charge in [-0.05, 0) is 47.9 Å². The lowest BCUT2D eigenvalue weighted by atomic mass is 10.2. The number of benzene rings is 2. The van der Waals surface area contributed by atoms with Gasteiger partial charge in [0, 0.05) is 17.4 Å². The van der Waals surface area contributed by atoms with E-state index in [1.165, 1.54) is 0 Å². The number of aromatic nitrogens is 2. The molecule has 4 aromatic rings. The highest BCUT2D eigenvalue weighted by atomic mass is 32.1. The number of para-hydroxylation sites is 2. The Hall–Kier alpha value is -3.29. The molecule has 2 aromatic carbocycles. The molecule has 0 amide bonds. The molecule has 0 radical (unpaired) electrons. The van der Waals surface area contributed by atoms with Gasteiger partial charge in [-0.15, -0.1) is 11.3 Å². The van der Waals surface area contributed by atoms with Gasteiger partial charge in [0.05, 0.1) is 16.8 Å². The number of nitrogens with one attached hydrogen (secondary N) is 2. The summed E-state index contributed by atoms with van der Waals surface area (Å²) in [6.45, 7) is 0. The van der Waals surface area contributed by atoms with Crippen LogP contribution in [0.25, 0.3) is 16.3 Å². The van der Waals surface area contributed by atoms with Crippen LogP contribution in [0.3, 0.4) is 0 Å². The SMILES string of the molecule is S=C(NN=Cc1cn(-c2ccccc2)nc1-c1cccs1)Nc1ccccc1. The van der Waals surface area contributed by atoms with Crippen molar-refractivity contribution in [2.45, 2.75) is 0 Å². The maximum atomic E-state index is 5.29. The van der Waals surface area contributed by atoms with Crippen molar-refractivity contribution in [2.24, 2.45) is 5.10 Å². The minimum absolute atomic E-state index is 0.426. The first kappa shape index (κ1) is 18.1. The standard InChI is InChI=1S/C21H17N5S2/c27-21(23-17-8-3-1-4-9-17)24-22-14-16-15-26(18-10-5-2-6-11-18)25-20(16)19-12-7-13-28-19/h1-15H,(H2,23,24,27). The minimum Gasteiger partial charge on any atom is -0.331 e. The molecule has 0 saturated heterocycles. The van der Waals surface area contributed by atoms with Crippen molar-refractivity contribution in [1.82, 2.24) is 15.2 Å². The fourth-order valence-corrected chi connectivity index (χ4v) is 3.54. The lowest BCUT2D eigenvalue weighted by Crippen LogP contribution is -2.23. The van der Waals surface area contributed by atoms with E-state index >= 15 is 0 Å². The molecule has 0 fully saturated rings. The van der Waals surface area contributed by atoms with Crippen molar-refractivity contribution in [3.8, 4) is 16.3 Å². The fourth-order valence-electron chi connectivity index (χ4n) is 2.64. The number of nitrogens with zero attached hydrogens (tertiary/aromatic N) is 3. The highest BCUT2D eigenvalue weighted by Crippen LogP contribution is 2.26. The Morgan fingerprint density at radius 1 is 1.00 bits per heavy atom. The van der Waals surface area contributed by atoms with Crippen LogP contribution in [-0.2, 0) is 0 Å². The van der Waals surface area contributed by atoms with E-state index in [1.807, 2.05) is 83.0 Å². The fraction of sp³-hybridized carbons (Fsp3) is 0. The van der Waals surface area contributed by atoms with Crippen LogP contribution >= 0.6 is 23.6 Å². The van der Waals surface area contributed by atoms with Gasteiger partial charge in [0.15, 0.2) is 5.11 Å². The van der Waals surface area contributed by atoms with Crippen molar-refractivity contribution in [1.29, 1.82) is 0 Å². The summed E-state index contributed by atoms with van der Waals surface area (Å²) in [4.78, 5) is 1.08. The Kier molecular flexibility index (Phi) is 5.56. The maximum Gasteiger partial charge on any atom is 0.191 e. The number of hydrazone groups is 1. The third-order valence-corrected chi connectivity index (χ3v) is 4.99. The smallest absolute Gasteiger partial charge is 0.191 e. The van der Waals surface area contributed by atoms with Crippen LogP contribution in [0.2, 0.25) is 0 Å². The number of hydrogen-bond donors (Lipinski definition) is 2. The first-order chi connectivity index (χ1) is 13.8. The number of rotatable bonds is 5. The Bertz CT molecular complexity index is 1070. The van der Waals surface area contributed by atoms with Crippen LogP contribution in [0.5, 0.6) is 0 Å². The van der Waals surface area contributed by atoms with Gasteiger partial charge in [0.25, 0.3) is 0 Å². The summed E-state index contributed by atoms with van der Waals surface area (Å²) in [7, 11) is 0. The van der Waals surface area contributed by atoms with Crippen molar-refractivity contribution < 1.29 is 0 Å². The van der Waals surface area contributed by atoms with Crippen molar-refractivity contribution in [2.75, 3.05) is 5.32 Å². The van der Waals surface area contributed by atoms with E-state index in [1.54, 1.807) is 17.6 Å². The summed E-state index contributed by atoms with van der Waals surface area (Å²) in [6.07, 6.45) is 3.70. The molecule has 0 unspecified atom stereocenters. The van der Waals surface area contributed by atoms with E-state index in [0.29, 0.717) is 5.11 Å². The van der Waals surface area contributed by atoms with Gasteiger partial charge in [0.1, 0.15) is 5.69 Å². The molecule has 0 aliphatic heterocycles.